The van der Waals surface area contributed by atoms with E-state index in [0.717, 1.165) is 18.2 Å². The molecule has 1 aromatic carbocycles. The van der Waals surface area contributed by atoms with Crippen LogP contribution in [0.5, 0.6) is 0 Å². The van der Waals surface area contributed by atoms with E-state index in [9.17, 15) is 8.78 Å². The Morgan fingerprint density at radius 1 is 1.24 bits per heavy atom. The first kappa shape index (κ1) is 11.6. The fourth-order valence-corrected chi connectivity index (χ4v) is 1.56. The summed E-state index contributed by atoms with van der Waals surface area (Å²) in [6.07, 6.45) is 1.54. The topological polar surface area (TPSA) is 51.8 Å². The van der Waals surface area contributed by atoms with Gasteiger partial charge >= 0.3 is 0 Å². The molecule has 0 spiro atoms. The zero-order chi connectivity index (χ0) is 12.4. The zero-order valence-electron chi connectivity index (χ0n) is 9.19. The van der Waals surface area contributed by atoms with Crippen LogP contribution in [0, 0.1) is 18.6 Å². The normalized spacial score (nSPS) is 12.5. The molecule has 5 heteroatoms. The van der Waals surface area contributed by atoms with E-state index in [1.807, 2.05) is 0 Å². The fraction of sp³-hybridized carbons (Fsp3) is 0.167. The second-order valence-electron chi connectivity index (χ2n) is 3.67. The third-order valence-electron chi connectivity index (χ3n) is 2.41. The number of hydrogen-bond acceptors (Lipinski definition) is 3. The molecule has 0 saturated heterocycles. The summed E-state index contributed by atoms with van der Waals surface area (Å²) >= 11 is 0. The van der Waals surface area contributed by atoms with Crippen molar-refractivity contribution in [3.8, 4) is 0 Å². The summed E-state index contributed by atoms with van der Waals surface area (Å²) in [4.78, 5) is 8.02. The molecule has 3 nitrogen and oxygen atoms in total. The van der Waals surface area contributed by atoms with Crippen molar-refractivity contribution in [2.45, 2.75) is 13.0 Å². The highest BCUT2D eigenvalue weighted by atomic mass is 19.1. The van der Waals surface area contributed by atoms with Crippen molar-refractivity contribution in [3.05, 3.63) is 59.2 Å². The van der Waals surface area contributed by atoms with E-state index in [1.165, 1.54) is 6.20 Å². The summed E-state index contributed by atoms with van der Waals surface area (Å²) in [6.45, 7) is 1.71. The largest absolute Gasteiger partial charge is 0.319 e. The quantitative estimate of drug-likeness (QED) is 0.867. The van der Waals surface area contributed by atoms with Gasteiger partial charge < -0.3 is 5.73 Å². The Labute approximate surface area is 97.3 Å². The number of halogens is 2. The molecule has 0 fully saturated rings. The molecule has 1 heterocycles. The van der Waals surface area contributed by atoms with Gasteiger partial charge in [0.15, 0.2) is 0 Å². The molecule has 2 aromatic rings. The molecule has 88 valence electrons. The van der Waals surface area contributed by atoms with Crippen molar-refractivity contribution in [1.29, 1.82) is 0 Å². The molecule has 1 aromatic heterocycles. The van der Waals surface area contributed by atoms with Gasteiger partial charge in [0.2, 0.25) is 0 Å². The molecule has 2 rings (SSSR count). The van der Waals surface area contributed by atoms with E-state index in [2.05, 4.69) is 9.97 Å². The second-order valence-corrected chi connectivity index (χ2v) is 3.67. The molecule has 0 saturated carbocycles. The van der Waals surface area contributed by atoms with Crippen LogP contribution in [0.1, 0.15) is 23.1 Å². The fourth-order valence-electron chi connectivity index (χ4n) is 1.56. The average Bonchev–Trinajstić information content (AvgIpc) is 2.31. The van der Waals surface area contributed by atoms with Crippen LogP contribution >= 0.6 is 0 Å². The maximum absolute atomic E-state index is 13.5. The molecule has 0 aliphatic heterocycles. The maximum Gasteiger partial charge on any atom is 0.128 e. The summed E-state index contributed by atoms with van der Waals surface area (Å²) in [7, 11) is 0. The van der Waals surface area contributed by atoms with Gasteiger partial charge in [-0.3, -0.25) is 0 Å². The molecular weight excluding hydrogens is 224 g/mol. The van der Waals surface area contributed by atoms with Crippen molar-refractivity contribution in [1.82, 2.24) is 9.97 Å². The molecule has 2 N–H and O–H groups in total. The van der Waals surface area contributed by atoms with Crippen LogP contribution in [0.3, 0.4) is 0 Å². The Morgan fingerprint density at radius 3 is 2.71 bits per heavy atom. The zero-order valence-corrected chi connectivity index (χ0v) is 9.19. The molecule has 0 aliphatic rings. The Bertz CT molecular complexity index is 543. The molecule has 1 unspecified atom stereocenters. The predicted molar refractivity (Wildman–Crippen MR) is 59.2 cm³/mol. The highest BCUT2D eigenvalue weighted by Crippen LogP contribution is 2.21. The van der Waals surface area contributed by atoms with Crippen molar-refractivity contribution in [2.24, 2.45) is 5.73 Å². The van der Waals surface area contributed by atoms with Crippen molar-refractivity contribution < 1.29 is 8.78 Å². The first-order chi connectivity index (χ1) is 8.08. The van der Waals surface area contributed by atoms with Crippen LogP contribution in [0.4, 0.5) is 8.78 Å². The molecule has 0 bridgehead atoms. The van der Waals surface area contributed by atoms with Crippen LogP contribution in [0.2, 0.25) is 0 Å². The Kier molecular flexibility index (Phi) is 3.10. The van der Waals surface area contributed by atoms with Gasteiger partial charge in [0.25, 0.3) is 0 Å². The number of aryl methyl sites for hydroxylation is 1. The number of benzene rings is 1. The van der Waals surface area contributed by atoms with Crippen LogP contribution in [0.15, 0.2) is 30.5 Å². The SMILES string of the molecule is Cc1nccc(C(N)c2cc(F)ccc2F)n1. The molecule has 17 heavy (non-hydrogen) atoms. The highest BCUT2D eigenvalue weighted by molar-refractivity contribution is 5.28. The lowest BCUT2D eigenvalue weighted by molar-refractivity contribution is 0.574. The predicted octanol–water partition coefficient (Wildman–Crippen LogP) is 2.11. The molecule has 0 radical (unpaired) electrons. The minimum Gasteiger partial charge on any atom is -0.319 e. The number of aromatic nitrogens is 2. The van der Waals surface area contributed by atoms with Crippen molar-refractivity contribution in [2.75, 3.05) is 0 Å². The van der Waals surface area contributed by atoms with E-state index in [4.69, 9.17) is 5.73 Å². The van der Waals surface area contributed by atoms with E-state index in [1.54, 1.807) is 13.0 Å². The van der Waals surface area contributed by atoms with Gasteiger partial charge in [-0.05, 0) is 31.2 Å². The van der Waals surface area contributed by atoms with Gasteiger partial charge in [0.1, 0.15) is 17.5 Å². The maximum atomic E-state index is 13.5. The Balaban J connectivity index is 2.43. The minimum absolute atomic E-state index is 0.0862. The minimum atomic E-state index is -0.799. The van der Waals surface area contributed by atoms with Crippen LogP contribution in [0.25, 0.3) is 0 Å². The standard InChI is InChI=1S/C12H11F2N3/c1-7-16-5-4-11(17-7)12(15)9-6-8(13)2-3-10(9)14/h2-6,12H,15H2,1H3. The van der Waals surface area contributed by atoms with Crippen LogP contribution in [-0.4, -0.2) is 9.97 Å². The number of hydrogen-bond donors (Lipinski definition) is 1. The molecule has 0 aliphatic carbocycles. The summed E-state index contributed by atoms with van der Waals surface area (Å²) in [5, 5.41) is 0. The summed E-state index contributed by atoms with van der Waals surface area (Å²) in [5.74, 6) is -0.535. The van der Waals surface area contributed by atoms with Crippen molar-refractivity contribution in [3.63, 3.8) is 0 Å². The lowest BCUT2D eigenvalue weighted by atomic mass is 10.0. The van der Waals surface area contributed by atoms with Gasteiger partial charge in [-0.2, -0.15) is 0 Å². The summed E-state index contributed by atoms with van der Waals surface area (Å²) in [6, 6.07) is 3.97. The molecule has 0 amide bonds. The molecular formula is C12H11F2N3. The van der Waals surface area contributed by atoms with E-state index in [-0.39, 0.29) is 5.56 Å². The smallest absolute Gasteiger partial charge is 0.128 e. The highest BCUT2D eigenvalue weighted by Gasteiger charge is 2.15. The van der Waals surface area contributed by atoms with Crippen molar-refractivity contribution >= 4 is 0 Å². The van der Waals surface area contributed by atoms with Gasteiger partial charge in [0.05, 0.1) is 11.7 Å². The van der Waals surface area contributed by atoms with Gasteiger partial charge in [0, 0.05) is 11.8 Å². The Morgan fingerprint density at radius 2 is 2.00 bits per heavy atom. The first-order valence-electron chi connectivity index (χ1n) is 5.08. The van der Waals surface area contributed by atoms with E-state index in [0.29, 0.717) is 11.5 Å². The lowest BCUT2D eigenvalue weighted by Crippen LogP contribution is -2.16. The van der Waals surface area contributed by atoms with Gasteiger partial charge in [-0.15, -0.1) is 0 Å². The number of nitrogens with zero attached hydrogens (tertiary/aromatic N) is 2. The number of rotatable bonds is 2. The third kappa shape index (κ3) is 2.45. The first-order valence-corrected chi connectivity index (χ1v) is 5.08. The lowest BCUT2D eigenvalue weighted by Gasteiger charge is -2.12. The third-order valence-corrected chi connectivity index (χ3v) is 2.41. The van der Waals surface area contributed by atoms with E-state index < -0.39 is 17.7 Å². The Hall–Kier alpha value is -1.88. The number of nitrogens with two attached hydrogens (primary N) is 1. The van der Waals surface area contributed by atoms with E-state index >= 15 is 0 Å². The monoisotopic (exact) mass is 235 g/mol. The van der Waals surface area contributed by atoms with Gasteiger partial charge in [-0.25, -0.2) is 18.7 Å². The summed E-state index contributed by atoms with van der Waals surface area (Å²) < 4.78 is 26.6. The average molecular weight is 235 g/mol. The van der Waals surface area contributed by atoms with Crippen LogP contribution in [-0.2, 0) is 0 Å². The van der Waals surface area contributed by atoms with Gasteiger partial charge in [-0.1, -0.05) is 0 Å². The summed E-state index contributed by atoms with van der Waals surface area (Å²) in [5.41, 5.74) is 6.40. The second kappa shape index (κ2) is 4.55. The molecule has 1 atom stereocenters. The van der Waals surface area contributed by atoms with Crippen LogP contribution < -0.4 is 5.73 Å².